The van der Waals surface area contributed by atoms with Crippen molar-refractivity contribution in [1.82, 2.24) is 19.4 Å². The van der Waals surface area contributed by atoms with Gasteiger partial charge in [0.15, 0.2) is 5.13 Å². The lowest BCUT2D eigenvalue weighted by atomic mass is 10.1. The van der Waals surface area contributed by atoms with Crippen LogP contribution in [0.4, 0.5) is 20.9 Å². The van der Waals surface area contributed by atoms with Crippen LogP contribution in [0.15, 0.2) is 53.5 Å². The summed E-state index contributed by atoms with van der Waals surface area (Å²) >= 11 is 1.25. The highest BCUT2D eigenvalue weighted by Gasteiger charge is 2.23. The van der Waals surface area contributed by atoms with E-state index in [2.05, 4.69) is 15.9 Å². The number of aryl methyl sites for hydroxylation is 1. The molecule has 3 heterocycles. The Balaban J connectivity index is 1.50. The normalized spacial score (nSPS) is 13.8. The number of thiazole rings is 1. The summed E-state index contributed by atoms with van der Waals surface area (Å²) in [6.45, 7) is 5.91. The molecule has 1 saturated heterocycles. The molecular weight excluding hydrogens is 541 g/mol. The molecule has 0 saturated carbocycles. The molecule has 0 N–H and O–H groups in total. The van der Waals surface area contributed by atoms with Gasteiger partial charge in [0.1, 0.15) is 22.5 Å². The van der Waals surface area contributed by atoms with Crippen LogP contribution in [0.1, 0.15) is 11.8 Å². The highest BCUT2D eigenvalue weighted by molar-refractivity contribution is 7.16. The lowest BCUT2D eigenvalue weighted by Gasteiger charge is -2.36. The molecule has 1 aliphatic rings. The summed E-state index contributed by atoms with van der Waals surface area (Å²) in [6.07, 6.45) is 1.84. The van der Waals surface area contributed by atoms with Crippen LogP contribution in [0.25, 0.3) is 22.0 Å². The van der Waals surface area contributed by atoms with Gasteiger partial charge in [0, 0.05) is 82.1 Å². The molecule has 2 aromatic heterocycles. The zero-order valence-corrected chi connectivity index (χ0v) is 24.4. The molecular formula is C30H32FN7O2S. The fourth-order valence-electron chi connectivity index (χ4n) is 4.99. The summed E-state index contributed by atoms with van der Waals surface area (Å²) in [5, 5.41) is 11.8. The Morgan fingerprint density at radius 2 is 1.78 bits per heavy atom. The number of aromatic nitrogens is 2. The van der Waals surface area contributed by atoms with Crippen molar-refractivity contribution in [1.29, 1.82) is 5.26 Å². The molecule has 0 atom stereocenters. The first-order chi connectivity index (χ1) is 19.7. The van der Waals surface area contributed by atoms with Crippen LogP contribution in [0, 0.1) is 17.1 Å². The second kappa shape index (κ2) is 11.7. The fourth-order valence-corrected chi connectivity index (χ4v) is 5.85. The first kappa shape index (κ1) is 28.3. The largest absolute Gasteiger partial charge is 0.369 e. The number of rotatable bonds is 7. The Morgan fingerprint density at radius 1 is 1.07 bits per heavy atom. The smallest absolute Gasteiger partial charge is 0.258 e. The van der Waals surface area contributed by atoms with Gasteiger partial charge in [-0.2, -0.15) is 5.26 Å². The number of pyridine rings is 1. The fraction of sp³-hybridized carbons (Fsp3) is 0.333. The molecule has 41 heavy (non-hydrogen) atoms. The molecule has 0 spiro atoms. The summed E-state index contributed by atoms with van der Waals surface area (Å²) in [4.78, 5) is 38.6. The third kappa shape index (κ3) is 5.66. The van der Waals surface area contributed by atoms with Crippen molar-refractivity contribution in [2.45, 2.75) is 13.5 Å². The van der Waals surface area contributed by atoms with Crippen molar-refractivity contribution < 1.29 is 9.18 Å². The van der Waals surface area contributed by atoms with E-state index in [1.165, 1.54) is 23.5 Å². The molecule has 0 unspecified atom stereocenters. The van der Waals surface area contributed by atoms with Gasteiger partial charge >= 0.3 is 0 Å². The van der Waals surface area contributed by atoms with Crippen LogP contribution in [0.3, 0.4) is 0 Å². The van der Waals surface area contributed by atoms with Crippen molar-refractivity contribution in [3.63, 3.8) is 0 Å². The van der Waals surface area contributed by atoms with Crippen molar-refractivity contribution >= 4 is 44.5 Å². The molecule has 0 radical (unpaired) electrons. The number of anilines is 3. The number of halogens is 1. The molecule has 212 valence electrons. The zero-order valence-electron chi connectivity index (χ0n) is 23.6. The highest BCUT2D eigenvalue weighted by atomic mass is 32.1. The summed E-state index contributed by atoms with van der Waals surface area (Å²) in [5.74, 6) is -0.263. The third-order valence-corrected chi connectivity index (χ3v) is 8.50. The Labute approximate surface area is 242 Å². The van der Waals surface area contributed by atoms with E-state index in [0.717, 1.165) is 42.9 Å². The molecule has 1 amide bonds. The van der Waals surface area contributed by atoms with E-state index < -0.39 is 0 Å². The van der Waals surface area contributed by atoms with Gasteiger partial charge in [-0.15, -0.1) is 0 Å². The number of amides is 1. The number of hydrogen-bond acceptors (Lipinski definition) is 8. The number of benzene rings is 2. The Kier molecular flexibility index (Phi) is 8.06. The molecule has 4 aromatic rings. The molecule has 1 fully saturated rings. The van der Waals surface area contributed by atoms with Gasteiger partial charge in [-0.25, -0.2) is 9.37 Å². The number of hydrogen-bond donors (Lipinski definition) is 0. The van der Waals surface area contributed by atoms with Crippen LogP contribution in [0.2, 0.25) is 0 Å². The Hall–Kier alpha value is -4.27. The standard InChI is InChI=1S/C30H32FN7O2S/c1-5-37-18-25(35(4)30-33-28(26(17-32)41-30)20-6-8-21(31)9-7-20)24-16-22(10-11-23(24)29(37)40)38-14-12-36(13-15-38)19-27(39)34(2)3/h6-11,16,18H,5,12-15,19H2,1-4H3. The number of carbonyl (C=O) groups excluding carboxylic acids is 1. The molecule has 9 nitrogen and oxygen atoms in total. The molecule has 0 bridgehead atoms. The van der Waals surface area contributed by atoms with E-state index >= 15 is 0 Å². The lowest BCUT2D eigenvalue weighted by molar-refractivity contribution is -0.129. The average molecular weight is 574 g/mol. The molecule has 1 aliphatic heterocycles. The first-order valence-corrected chi connectivity index (χ1v) is 14.3. The summed E-state index contributed by atoms with van der Waals surface area (Å²) in [5.41, 5.74) is 2.89. The van der Waals surface area contributed by atoms with Gasteiger partial charge in [0.2, 0.25) is 5.91 Å². The van der Waals surface area contributed by atoms with Crippen molar-refractivity contribution in [3.05, 3.63) is 69.7 Å². The van der Waals surface area contributed by atoms with Gasteiger partial charge in [-0.1, -0.05) is 11.3 Å². The summed E-state index contributed by atoms with van der Waals surface area (Å²) < 4.78 is 15.2. The maximum atomic E-state index is 13.5. The van der Waals surface area contributed by atoms with Gasteiger partial charge in [0.05, 0.1) is 12.2 Å². The predicted molar refractivity (Wildman–Crippen MR) is 162 cm³/mol. The maximum absolute atomic E-state index is 13.5. The van der Waals surface area contributed by atoms with Crippen LogP contribution in [-0.4, -0.2) is 79.1 Å². The Bertz CT molecular complexity index is 1680. The molecule has 0 aliphatic carbocycles. The van der Waals surface area contributed by atoms with Gasteiger partial charge in [-0.05, 0) is 49.4 Å². The number of nitrogens with zero attached hydrogens (tertiary/aromatic N) is 7. The van der Waals surface area contributed by atoms with E-state index in [0.29, 0.717) is 39.7 Å². The second-order valence-corrected chi connectivity index (χ2v) is 11.2. The number of fused-ring (bicyclic) bond motifs is 1. The van der Waals surface area contributed by atoms with Crippen LogP contribution in [0.5, 0.6) is 0 Å². The van der Waals surface area contributed by atoms with Gasteiger partial charge < -0.3 is 19.3 Å². The minimum absolute atomic E-state index is 0.0675. The number of carbonyl (C=O) groups is 1. The molecule has 2 aromatic carbocycles. The van der Waals surface area contributed by atoms with E-state index in [1.54, 1.807) is 35.7 Å². The minimum Gasteiger partial charge on any atom is -0.369 e. The third-order valence-electron chi connectivity index (χ3n) is 7.47. The maximum Gasteiger partial charge on any atom is 0.258 e. The quantitative estimate of drug-likeness (QED) is 0.329. The SMILES string of the molecule is CCn1cc(N(C)c2nc(-c3ccc(F)cc3)c(C#N)s2)c2cc(N3CCN(CC(=O)N(C)C)CC3)ccc2c1=O. The van der Waals surface area contributed by atoms with E-state index in [9.17, 15) is 19.2 Å². The van der Waals surface area contributed by atoms with Crippen LogP contribution < -0.4 is 15.4 Å². The topological polar surface area (TPSA) is 88.7 Å². The van der Waals surface area contributed by atoms with Crippen molar-refractivity contribution in [2.24, 2.45) is 0 Å². The first-order valence-electron chi connectivity index (χ1n) is 13.5. The Morgan fingerprint density at radius 3 is 2.41 bits per heavy atom. The minimum atomic E-state index is -0.354. The van der Waals surface area contributed by atoms with Crippen LogP contribution in [-0.2, 0) is 11.3 Å². The average Bonchev–Trinajstić information content (AvgIpc) is 3.42. The van der Waals surface area contributed by atoms with Crippen molar-refractivity contribution in [2.75, 3.05) is 63.7 Å². The molecule has 11 heteroatoms. The summed E-state index contributed by atoms with van der Waals surface area (Å²) in [6, 6.07) is 14.1. The second-order valence-electron chi connectivity index (χ2n) is 10.2. The van der Waals surface area contributed by atoms with E-state index in [1.807, 2.05) is 43.3 Å². The van der Waals surface area contributed by atoms with E-state index in [4.69, 9.17) is 4.98 Å². The predicted octanol–water partition coefficient (Wildman–Crippen LogP) is 4.13. The monoisotopic (exact) mass is 573 g/mol. The number of nitriles is 1. The number of piperazine rings is 1. The highest BCUT2D eigenvalue weighted by Crippen LogP contribution is 2.38. The lowest BCUT2D eigenvalue weighted by Crippen LogP contribution is -2.49. The van der Waals surface area contributed by atoms with Crippen LogP contribution >= 0.6 is 11.3 Å². The van der Waals surface area contributed by atoms with Gasteiger partial charge in [-0.3, -0.25) is 14.5 Å². The molecule has 5 rings (SSSR count). The van der Waals surface area contributed by atoms with E-state index in [-0.39, 0.29) is 17.3 Å². The number of likely N-dealkylation sites (N-methyl/N-ethyl adjacent to an activating group) is 1. The van der Waals surface area contributed by atoms with Crippen molar-refractivity contribution in [3.8, 4) is 17.3 Å². The zero-order chi connectivity index (χ0) is 29.3. The van der Waals surface area contributed by atoms with Gasteiger partial charge in [0.25, 0.3) is 5.56 Å². The summed E-state index contributed by atoms with van der Waals surface area (Å²) in [7, 11) is 5.41.